The summed E-state index contributed by atoms with van der Waals surface area (Å²) in [4.78, 5) is 20.5. The van der Waals surface area contributed by atoms with Crippen LogP contribution in [0.1, 0.15) is 16.1 Å². The molecule has 0 atom stereocenters. The van der Waals surface area contributed by atoms with Gasteiger partial charge in [-0.25, -0.2) is 0 Å². The van der Waals surface area contributed by atoms with E-state index in [9.17, 15) is 4.79 Å². The van der Waals surface area contributed by atoms with Gasteiger partial charge >= 0.3 is 0 Å². The van der Waals surface area contributed by atoms with Gasteiger partial charge in [0.1, 0.15) is 5.69 Å². The molecule has 2 aromatic heterocycles. The van der Waals surface area contributed by atoms with Crippen LogP contribution in [0.25, 0.3) is 10.8 Å². The molecule has 19 heavy (non-hydrogen) atoms. The van der Waals surface area contributed by atoms with E-state index in [1.54, 1.807) is 18.6 Å². The van der Waals surface area contributed by atoms with E-state index in [1.807, 2.05) is 42.5 Å². The van der Waals surface area contributed by atoms with Crippen molar-refractivity contribution in [1.29, 1.82) is 0 Å². The number of carbonyl (C=O) groups is 1. The second-order valence-electron chi connectivity index (χ2n) is 4.34. The molecule has 0 amide bonds. The largest absolute Gasteiger partial charge is 0.292 e. The van der Waals surface area contributed by atoms with Crippen LogP contribution < -0.4 is 0 Å². The van der Waals surface area contributed by atoms with Crippen molar-refractivity contribution in [2.45, 2.75) is 6.42 Å². The van der Waals surface area contributed by atoms with Gasteiger partial charge in [0.2, 0.25) is 0 Å². The highest BCUT2D eigenvalue weighted by molar-refractivity contribution is 6.06. The SMILES string of the molecule is O=C(Cc1ccncc1)c1nccc2ccccc12. The van der Waals surface area contributed by atoms with Crippen LogP contribution in [0, 0.1) is 0 Å². The van der Waals surface area contributed by atoms with E-state index in [2.05, 4.69) is 9.97 Å². The van der Waals surface area contributed by atoms with Crippen molar-refractivity contribution in [3.8, 4) is 0 Å². The molecule has 3 aromatic rings. The average molecular weight is 248 g/mol. The molecule has 3 rings (SSSR count). The molecule has 3 nitrogen and oxygen atoms in total. The molecule has 3 heteroatoms. The number of nitrogens with zero attached hydrogens (tertiary/aromatic N) is 2. The Bertz CT molecular complexity index is 718. The Morgan fingerprint density at radius 2 is 1.74 bits per heavy atom. The first-order valence-electron chi connectivity index (χ1n) is 6.10. The molecule has 2 heterocycles. The lowest BCUT2D eigenvalue weighted by molar-refractivity contribution is 0.0990. The fourth-order valence-corrected chi connectivity index (χ4v) is 2.11. The Morgan fingerprint density at radius 1 is 0.947 bits per heavy atom. The number of carbonyl (C=O) groups excluding carboxylic acids is 1. The molecule has 0 radical (unpaired) electrons. The number of rotatable bonds is 3. The molecular formula is C16H12N2O. The van der Waals surface area contributed by atoms with Crippen molar-refractivity contribution < 1.29 is 4.79 Å². The van der Waals surface area contributed by atoms with E-state index in [-0.39, 0.29) is 5.78 Å². The van der Waals surface area contributed by atoms with Gasteiger partial charge < -0.3 is 0 Å². The van der Waals surface area contributed by atoms with Crippen molar-refractivity contribution in [3.63, 3.8) is 0 Å². The number of fused-ring (bicyclic) bond motifs is 1. The summed E-state index contributed by atoms with van der Waals surface area (Å²) in [6.45, 7) is 0. The van der Waals surface area contributed by atoms with E-state index in [1.165, 1.54) is 0 Å². The maximum Gasteiger partial charge on any atom is 0.186 e. The molecule has 0 aliphatic heterocycles. The molecule has 0 N–H and O–H groups in total. The van der Waals surface area contributed by atoms with Crippen LogP contribution in [0.5, 0.6) is 0 Å². The molecule has 0 aliphatic rings. The molecule has 92 valence electrons. The van der Waals surface area contributed by atoms with Crippen molar-refractivity contribution in [2.24, 2.45) is 0 Å². The van der Waals surface area contributed by atoms with Crippen molar-refractivity contribution in [3.05, 3.63) is 72.3 Å². The standard InChI is InChI=1S/C16H12N2O/c19-15(11-12-5-8-17-9-6-12)16-14-4-2-1-3-13(14)7-10-18-16/h1-10H,11H2. The maximum atomic E-state index is 12.3. The first-order valence-corrected chi connectivity index (χ1v) is 6.10. The Morgan fingerprint density at radius 3 is 2.58 bits per heavy atom. The van der Waals surface area contributed by atoms with E-state index >= 15 is 0 Å². The van der Waals surface area contributed by atoms with E-state index in [0.29, 0.717) is 12.1 Å². The third-order valence-corrected chi connectivity index (χ3v) is 3.05. The van der Waals surface area contributed by atoms with E-state index in [4.69, 9.17) is 0 Å². The molecular weight excluding hydrogens is 236 g/mol. The predicted molar refractivity (Wildman–Crippen MR) is 74.0 cm³/mol. The number of hydrogen-bond acceptors (Lipinski definition) is 3. The number of benzene rings is 1. The number of hydrogen-bond donors (Lipinski definition) is 0. The lowest BCUT2D eigenvalue weighted by Crippen LogP contribution is -2.06. The zero-order valence-corrected chi connectivity index (χ0v) is 10.3. The summed E-state index contributed by atoms with van der Waals surface area (Å²) in [5.74, 6) is 0.0306. The summed E-state index contributed by atoms with van der Waals surface area (Å²) >= 11 is 0. The zero-order chi connectivity index (χ0) is 13.1. The Labute approximate surface area is 111 Å². The van der Waals surface area contributed by atoms with E-state index < -0.39 is 0 Å². The van der Waals surface area contributed by atoms with Gasteiger partial charge in [0, 0.05) is 30.4 Å². The van der Waals surface area contributed by atoms with Gasteiger partial charge in [0.15, 0.2) is 5.78 Å². The maximum absolute atomic E-state index is 12.3. The van der Waals surface area contributed by atoms with Crippen molar-refractivity contribution in [1.82, 2.24) is 9.97 Å². The minimum Gasteiger partial charge on any atom is -0.292 e. The highest BCUT2D eigenvalue weighted by atomic mass is 16.1. The van der Waals surface area contributed by atoms with Gasteiger partial charge in [-0.15, -0.1) is 0 Å². The van der Waals surface area contributed by atoms with Crippen LogP contribution >= 0.6 is 0 Å². The molecule has 0 saturated heterocycles. The molecule has 1 aromatic carbocycles. The normalized spacial score (nSPS) is 10.5. The van der Waals surface area contributed by atoms with Crippen molar-refractivity contribution in [2.75, 3.05) is 0 Å². The second-order valence-corrected chi connectivity index (χ2v) is 4.34. The molecule has 0 bridgehead atoms. The molecule has 0 spiro atoms. The average Bonchev–Trinajstić information content (AvgIpc) is 2.47. The van der Waals surface area contributed by atoms with Crippen LogP contribution in [-0.2, 0) is 6.42 Å². The predicted octanol–water partition coefficient (Wildman–Crippen LogP) is 3.06. The Hall–Kier alpha value is -2.55. The van der Waals surface area contributed by atoms with Crippen LogP contribution in [-0.4, -0.2) is 15.8 Å². The summed E-state index contributed by atoms with van der Waals surface area (Å²) in [5.41, 5.74) is 1.49. The fraction of sp³-hybridized carbons (Fsp3) is 0.0625. The monoisotopic (exact) mass is 248 g/mol. The van der Waals surface area contributed by atoms with Gasteiger partial charge in [-0.3, -0.25) is 14.8 Å². The number of Topliss-reactive ketones (excluding diaryl/α,β-unsaturated/α-hetero) is 1. The smallest absolute Gasteiger partial charge is 0.186 e. The number of pyridine rings is 2. The molecule has 0 fully saturated rings. The minimum atomic E-state index is 0.0306. The second kappa shape index (κ2) is 4.98. The van der Waals surface area contributed by atoms with Crippen LogP contribution in [0.3, 0.4) is 0 Å². The van der Waals surface area contributed by atoms with Crippen LogP contribution in [0.2, 0.25) is 0 Å². The Kier molecular flexibility index (Phi) is 3.02. The van der Waals surface area contributed by atoms with Gasteiger partial charge in [-0.1, -0.05) is 24.3 Å². The molecule has 0 saturated carbocycles. The number of ketones is 1. The lowest BCUT2D eigenvalue weighted by atomic mass is 10.0. The van der Waals surface area contributed by atoms with Crippen LogP contribution in [0.15, 0.2) is 61.1 Å². The summed E-state index contributed by atoms with van der Waals surface area (Å²) in [5, 5.41) is 1.94. The molecule has 0 aliphatic carbocycles. The van der Waals surface area contributed by atoms with Crippen LogP contribution in [0.4, 0.5) is 0 Å². The van der Waals surface area contributed by atoms with Gasteiger partial charge in [-0.2, -0.15) is 0 Å². The number of aromatic nitrogens is 2. The highest BCUT2D eigenvalue weighted by Gasteiger charge is 2.11. The summed E-state index contributed by atoms with van der Waals surface area (Å²) < 4.78 is 0. The van der Waals surface area contributed by atoms with Gasteiger partial charge in [-0.05, 0) is 29.1 Å². The third kappa shape index (κ3) is 2.36. The third-order valence-electron chi connectivity index (χ3n) is 3.05. The fourth-order valence-electron chi connectivity index (χ4n) is 2.11. The first-order chi connectivity index (χ1) is 9.34. The topological polar surface area (TPSA) is 42.9 Å². The summed E-state index contributed by atoms with van der Waals surface area (Å²) in [6, 6.07) is 13.4. The quantitative estimate of drug-likeness (QED) is 0.669. The highest BCUT2D eigenvalue weighted by Crippen LogP contribution is 2.17. The van der Waals surface area contributed by atoms with Gasteiger partial charge in [0.25, 0.3) is 0 Å². The summed E-state index contributed by atoms with van der Waals surface area (Å²) in [7, 11) is 0. The van der Waals surface area contributed by atoms with E-state index in [0.717, 1.165) is 16.3 Å². The minimum absolute atomic E-state index is 0.0306. The van der Waals surface area contributed by atoms with Crippen molar-refractivity contribution >= 4 is 16.6 Å². The summed E-state index contributed by atoms with van der Waals surface area (Å²) in [6.07, 6.45) is 5.42. The Balaban J connectivity index is 1.98. The zero-order valence-electron chi connectivity index (χ0n) is 10.3. The molecule has 0 unspecified atom stereocenters. The van der Waals surface area contributed by atoms with Gasteiger partial charge in [0.05, 0.1) is 0 Å². The lowest BCUT2D eigenvalue weighted by Gasteiger charge is -2.04. The first kappa shape index (κ1) is 11.5.